The van der Waals surface area contributed by atoms with E-state index in [2.05, 4.69) is 5.16 Å². The molecule has 2 heterocycles. The first-order valence-corrected chi connectivity index (χ1v) is 9.19. The van der Waals surface area contributed by atoms with Crippen LogP contribution in [0.15, 0.2) is 22.7 Å². The lowest BCUT2D eigenvalue weighted by molar-refractivity contribution is 0.0972. The van der Waals surface area contributed by atoms with Gasteiger partial charge in [-0.3, -0.25) is 9.69 Å². The number of anilines is 2. The Labute approximate surface area is 158 Å². The van der Waals surface area contributed by atoms with Crippen LogP contribution in [0.5, 0.6) is 0 Å². The summed E-state index contributed by atoms with van der Waals surface area (Å²) in [5.74, 6) is 0.342. The van der Waals surface area contributed by atoms with Crippen molar-refractivity contribution >= 4 is 23.4 Å². The SMILES string of the molecule is CCOC(=O)N1c2cc(C)c(C)cc2N(C(=O)c2cc(C)on2)CC1CC. The fourth-order valence-corrected chi connectivity index (χ4v) is 3.33. The number of fused-ring (bicyclic) bond motifs is 1. The van der Waals surface area contributed by atoms with Gasteiger partial charge < -0.3 is 14.2 Å². The lowest BCUT2D eigenvalue weighted by Crippen LogP contribution is -2.53. The Bertz CT molecular complexity index is 874. The number of carbonyl (C=O) groups excluding carboxylic acids is 2. The zero-order valence-corrected chi connectivity index (χ0v) is 16.4. The fourth-order valence-electron chi connectivity index (χ4n) is 3.33. The molecule has 1 aromatic carbocycles. The third-order valence-corrected chi connectivity index (χ3v) is 4.93. The zero-order chi connectivity index (χ0) is 19.7. The second kappa shape index (κ2) is 7.42. The predicted octanol–water partition coefficient (Wildman–Crippen LogP) is 4.00. The summed E-state index contributed by atoms with van der Waals surface area (Å²) < 4.78 is 10.3. The van der Waals surface area contributed by atoms with Gasteiger partial charge >= 0.3 is 6.09 Å². The van der Waals surface area contributed by atoms with E-state index >= 15 is 0 Å². The van der Waals surface area contributed by atoms with Crippen LogP contribution in [0.4, 0.5) is 16.2 Å². The smallest absolute Gasteiger partial charge is 0.414 e. The number of nitrogens with zero attached hydrogens (tertiary/aromatic N) is 3. The van der Waals surface area contributed by atoms with E-state index in [1.165, 1.54) is 0 Å². The van der Waals surface area contributed by atoms with Gasteiger partial charge in [-0.2, -0.15) is 0 Å². The van der Waals surface area contributed by atoms with Crippen LogP contribution in [-0.2, 0) is 4.74 Å². The van der Waals surface area contributed by atoms with E-state index in [0.29, 0.717) is 36.7 Å². The van der Waals surface area contributed by atoms with Crippen molar-refractivity contribution in [3.05, 3.63) is 40.8 Å². The number of benzene rings is 1. The third kappa shape index (κ3) is 3.41. The number of aromatic nitrogens is 1. The number of hydrogen-bond donors (Lipinski definition) is 0. The van der Waals surface area contributed by atoms with E-state index in [0.717, 1.165) is 11.1 Å². The number of rotatable bonds is 3. The van der Waals surface area contributed by atoms with Gasteiger partial charge in [-0.05, 0) is 57.4 Å². The van der Waals surface area contributed by atoms with E-state index in [1.54, 1.807) is 29.7 Å². The van der Waals surface area contributed by atoms with Gasteiger partial charge in [0, 0.05) is 12.6 Å². The third-order valence-electron chi connectivity index (χ3n) is 4.93. The summed E-state index contributed by atoms with van der Waals surface area (Å²) in [6.07, 6.45) is 0.297. The van der Waals surface area contributed by atoms with Crippen LogP contribution in [0.3, 0.4) is 0 Å². The minimum atomic E-state index is -0.391. The Kier molecular flexibility index (Phi) is 5.21. The second-order valence-corrected chi connectivity index (χ2v) is 6.79. The number of carbonyl (C=O) groups is 2. The molecule has 0 spiro atoms. The summed E-state index contributed by atoms with van der Waals surface area (Å²) in [5, 5.41) is 3.87. The molecule has 0 fully saturated rings. The molecule has 27 heavy (non-hydrogen) atoms. The summed E-state index contributed by atoms with van der Waals surface area (Å²) in [6.45, 7) is 10.2. The van der Waals surface area contributed by atoms with Crippen molar-refractivity contribution in [2.24, 2.45) is 0 Å². The monoisotopic (exact) mass is 371 g/mol. The highest BCUT2D eigenvalue weighted by molar-refractivity contribution is 6.09. The molecule has 0 aliphatic carbocycles. The Morgan fingerprint density at radius 1 is 1.15 bits per heavy atom. The summed E-state index contributed by atoms with van der Waals surface area (Å²) in [4.78, 5) is 29.1. The highest BCUT2D eigenvalue weighted by atomic mass is 16.6. The van der Waals surface area contributed by atoms with Gasteiger partial charge in [0.15, 0.2) is 5.69 Å². The summed E-state index contributed by atoms with van der Waals surface area (Å²) >= 11 is 0. The van der Waals surface area contributed by atoms with Crippen LogP contribution in [0, 0.1) is 20.8 Å². The van der Waals surface area contributed by atoms with Gasteiger partial charge in [0.05, 0.1) is 24.0 Å². The van der Waals surface area contributed by atoms with E-state index in [4.69, 9.17) is 9.26 Å². The van der Waals surface area contributed by atoms with E-state index < -0.39 is 6.09 Å². The molecular weight excluding hydrogens is 346 g/mol. The Morgan fingerprint density at radius 3 is 2.37 bits per heavy atom. The standard InChI is InChI=1S/C20H25N3O4/c1-6-15-11-22(19(24)16-10-14(5)27-21-16)17-8-12(3)13(4)9-18(17)23(15)20(25)26-7-2/h8-10,15H,6-7,11H2,1-5H3. The Hall–Kier alpha value is -2.83. The van der Waals surface area contributed by atoms with Crippen molar-refractivity contribution in [2.75, 3.05) is 23.0 Å². The number of amides is 2. The van der Waals surface area contributed by atoms with Crippen LogP contribution >= 0.6 is 0 Å². The Morgan fingerprint density at radius 2 is 1.81 bits per heavy atom. The molecule has 0 saturated carbocycles. The summed E-state index contributed by atoms with van der Waals surface area (Å²) in [5.41, 5.74) is 3.71. The second-order valence-electron chi connectivity index (χ2n) is 6.79. The van der Waals surface area contributed by atoms with Gasteiger partial charge in [0.2, 0.25) is 0 Å². The molecule has 1 aliphatic rings. The quantitative estimate of drug-likeness (QED) is 0.815. The number of aryl methyl sites for hydroxylation is 3. The lowest BCUT2D eigenvalue weighted by Gasteiger charge is -2.41. The molecule has 2 aromatic rings. The minimum Gasteiger partial charge on any atom is -0.449 e. The maximum atomic E-state index is 13.1. The summed E-state index contributed by atoms with van der Waals surface area (Å²) in [7, 11) is 0. The van der Waals surface area contributed by atoms with Gasteiger partial charge in [-0.25, -0.2) is 4.79 Å². The molecule has 0 radical (unpaired) electrons. The lowest BCUT2D eigenvalue weighted by atomic mass is 10.00. The van der Waals surface area contributed by atoms with Crippen LogP contribution < -0.4 is 9.80 Å². The first-order valence-electron chi connectivity index (χ1n) is 9.19. The van der Waals surface area contributed by atoms with Gasteiger partial charge in [-0.15, -0.1) is 0 Å². The van der Waals surface area contributed by atoms with Crippen molar-refractivity contribution in [3.63, 3.8) is 0 Å². The van der Waals surface area contributed by atoms with Crippen LogP contribution in [-0.4, -0.2) is 36.4 Å². The molecule has 7 nitrogen and oxygen atoms in total. The van der Waals surface area contributed by atoms with Gasteiger partial charge in [0.25, 0.3) is 5.91 Å². The van der Waals surface area contributed by atoms with E-state index in [1.807, 2.05) is 32.9 Å². The number of hydrogen-bond acceptors (Lipinski definition) is 5. The van der Waals surface area contributed by atoms with Crippen molar-refractivity contribution in [2.45, 2.75) is 47.1 Å². The largest absolute Gasteiger partial charge is 0.449 e. The highest BCUT2D eigenvalue weighted by Gasteiger charge is 2.38. The topological polar surface area (TPSA) is 75.9 Å². The van der Waals surface area contributed by atoms with E-state index in [9.17, 15) is 9.59 Å². The average molecular weight is 371 g/mol. The van der Waals surface area contributed by atoms with Crippen molar-refractivity contribution in [1.82, 2.24) is 5.16 Å². The number of ether oxygens (including phenoxy) is 1. The maximum Gasteiger partial charge on any atom is 0.414 e. The van der Waals surface area contributed by atoms with Crippen molar-refractivity contribution in [3.8, 4) is 0 Å². The average Bonchev–Trinajstić information content (AvgIpc) is 3.07. The molecule has 0 saturated heterocycles. The highest BCUT2D eigenvalue weighted by Crippen LogP contribution is 2.39. The fraction of sp³-hybridized carbons (Fsp3) is 0.450. The maximum absolute atomic E-state index is 13.1. The van der Waals surface area contributed by atoms with Gasteiger partial charge in [-0.1, -0.05) is 12.1 Å². The molecule has 1 aliphatic heterocycles. The minimum absolute atomic E-state index is 0.185. The molecule has 1 atom stereocenters. The van der Waals surface area contributed by atoms with E-state index in [-0.39, 0.29) is 17.6 Å². The summed E-state index contributed by atoms with van der Waals surface area (Å²) in [6, 6.07) is 5.32. The normalized spacial score (nSPS) is 16.3. The molecular formula is C20H25N3O4. The van der Waals surface area contributed by atoms with Crippen molar-refractivity contribution in [1.29, 1.82) is 0 Å². The molecule has 144 valence electrons. The molecule has 7 heteroatoms. The first-order chi connectivity index (χ1) is 12.9. The van der Waals surface area contributed by atoms with Crippen LogP contribution in [0.1, 0.15) is 47.6 Å². The molecule has 2 amide bonds. The predicted molar refractivity (Wildman–Crippen MR) is 102 cm³/mol. The molecule has 1 aromatic heterocycles. The Balaban J connectivity index is 2.12. The zero-order valence-electron chi connectivity index (χ0n) is 16.4. The molecule has 0 bridgehead atoms. The van der Waals surface area contributed by atoms with Crippen LogP contribution in [0.2, 0.25) is 0 Å². The molecule has 0 N–H and O–H groups in total. The first kappa shape index (κ1) is 18.9. The molecule has 3 rings (SSSR count). The molecule has 1 unspecified atom stereocenters. The van der Waals surface area contributed by atoms with Crippen LogP contribution in [0.25, 0.3) is 0 Å². The van der Waals surface area contributed by atoms with Gasteiger partial charge in [0.1, 0.15) is 5.76 Å². The van der Waals surface area contributed by atoms with Crippen molar-refractivity contribution < 1.29 is 18.8 Å².